The van der Waals surface area contributed by atoms with Gasteiger partial charge in [-0.2, -0.15) is 0 Å². The maximum atomic E-state index is 10.3. The summed E-state index contributed by atoms with van der Waals surface area (Å²) in [6.45, 7) is 2.14. The molecular formula is C18H26O2S. The fourth-order valence-corrected chi connectivity index (χ4v) is 1.88. The second-order valence-electron chi connectivity index (χ2n) is 4.31. The quantitative estimate of drug-likeness (QED) is 0.483. The van der Waals surface area contributed by atoms with Gasteiger partial charge in [-0.3, -0.25) is 4.79 Å². The molecular weight excluding hydrogens is 280 g/mol. The van der Waals surface area contributed by atoms with Crippen LogP contribution >= 0.6 is 11.8 Å². The fraction of sp³-hybridized carbons (Fsp3) is 0.389. The molecule has 0 aromatic rings. The smallest absolute Gasteiger partial charge is 0.313 e. The van der Waals surface area contributed by atoms with E-state index in [1.807, 2.05) is 11.5 Å². The zero-order chi connectivity index (χ0) is 15.6. The van der Waals surface area contributed by atoms with Gasteiger partial charge in [-0.05, 0) is 37.5 Å². The van der Waals surface area contributed by atoms with E-state index in [1.54, 1.807) is 0 Å². The Morgan fingerprint density at radius 2 is 1.24 bits per heavy atom. The van der Waals surface area contributed by atoms with Crippen LogP contribution in [0.1, 0.15) is 39.0 Å². The number of hydrogen-bond donors (Lipinski definition) is 1. The van der Waals surface area contributed by atoms with Crippen molar-refractivity contribution < 1.29 is 9.90 Å². The molecule has 0 fully saturated rings. The molecule has 1 N–H and O–H groups in total. The number of hydrogen-bond acceptors (Lipinski definition) is 2. The zero-order valence-electron chi connectivity index (χ0n) is 12.8. The standard InChI is InChI=1S/C18H26O2S/c1-2-3-4-5-6-7-8-9-10-11-12-13-14-15-16-21-17-18(19)20/h3-4,6-7,9-10,12-13,15-16H,2,5,8,11,14,17H2,1H3,(H,19,20)/b4-3-,7-6-,10-9-,13-12-,16-15-. The van der Waals surface area contributed by atoms with Crippen LogP contribution in [0.3, 0.4) is 0 Å². The van der Waals surface area contributed by atoms with Gasteiger partial charge in [0.15, 0.2) is 0 Å². The molecule has 0 saturated heterocycles. The molecule has 0 bridgehead atoms. The highest BCUT2D eigenvalue weighted by atomic mass is 32.2. The third-order valence-corrected chi connectivity index (χ3v) is 3.19. The Kier molecular flexibility index (Phi) is 15.4. The number of carbonyl (C=O) groups is 1. The van der Waals surface area contributed by atoms with Crippen molar-refractivity contribution in [3.63, 3.8) is 0 Å². The van der Waals surface area contributed by atoms with Crippen LogP contribution in [0.2, 0.25) is 0 Å². The van der Waals surface area contributed by atoms with Crippen LogP contribution in [-0.4, -0.2) is 16.8 Å². The van der Waals surface area contributed by atoms with E-state index >= 15 is 0 Å². The van der Waals surface area contributed by atoms with E-state index in [9.17, 15) is 4.79 Å². The molecule has 116 valence electrons. The monoisotopic (exact) mass is 306 g/mol. The lowest BCUT2D eigenvalue weighted by Gasteiger charge is -1.87. The van der Waals surface area contributed by atoms with Gasteiger partial charge >= 0.3 is 5.97 Å². The van der Waals surface area contributed by atoms with Crippen molar-refractivity contribution in [3.05, 3.63) is 60.1 Å². The number of rotatable bonds is 12. The van der Waals surface area contributed by atoms with Gasteiger partial charge in [0.05, 0.1) is 5.75 Å². The highest BCUT2D eigenvalue weighted by molar-refractivity contribution is 8.02. The van der Waals surface area contributed by atoms with E-state index in [1.165, 1.54) is 11.8 Å². The van der Waals surface area contributed by atoms with Gasteiger partial charge in [-0.25, -0.2) is 0 Å². The molecule has 2 nitrogen and oxygen atoms in total. The molecule has 21 heavy (non-hydrogen) atoms. The second-order valence-corrected chi connectivity index (χ2v) is 5.21. The summed E-state index contributed by atoms with van der Waals surface area (Å²) in [4.78, 5) is 10.3. The summed E-state index contributed by atoms with van der Waals surface area (Å²) in [7, 11) is 0. The summed E-state index contributed by atoms with van der Waals surface area (Å²) >= 11 is 1.31. The van der Waals surface area contributed by atoms with E-state index in [0.29, 0.717) is 0 Å². The Morgan fingerprint density at radius 3 is 1.67 bits per heavy atom. The Labute approximate surface area is 133 Å². The average Bonchev–Trinajstić information content (AvgIpc) is 2.46. The van der Waals surface area contributed by atoms with Gasteiger partial charge in [0.25, 0.3) is 0 Å². The predicted octanol–water partition coefficient (Wildman–Crippen LogP) is 5.51. The highest BCUT2D eigenvalue weighted by Crippen LogP contribution is 2.02. The molecule has 0 atom stereocenters. The molecule has 0 radical (unpaired) electrons. The van der Waals surface area contributed by atoms with Gasteiger partial charge in [0.2, 0.25) is 0 Å². The molecule has 0 aliphatic heterocycles. The number of carboxylic acids is 1. The van der Waals surface area contributed by atoms with Crippen LogP contribution in [0, 0.1) is 0 Å². The van der Waals surface area contributed by atoms with Gasteiger partial charge < -0.3 is 5.11 Å². The van der Waals surface area contributed by atoms with Crippen molar-refractivity contribution >= 4 is 17.7 Å². The first-order valence-electron chi connectivity index (χ1n) is 7.35. The van der Waals surface area contributed by atoms with E-state index in [2.05, 4.69) is 55.5 Å². The maximum Gasteiger partial charge on any atom is 0.313 e. The van der Waals surface area contributed by atoms with Crippen molar-refractivity contribution in [3.8, 4) is 0 Å². The van der Waals surface area contributed by atoms with E-state index in [0.717, 1.165) is 32.1 Å². The van der Waals surface area contributed by atoms with Gasteiger partial charge in [0, 0.05) is 0 Å². The molecule has 0 amide bonds. The van der Waals surface area contributed by atoms with E-state index in [4.69, 9.17) is 5.11 Å². The van der Waals surface area contributed by atoms with Crippen LogP contribution in [-0.2, 0) is 4.79 Å². The molecule has 0 heterocycles. The predicted molar refractivity (Wildman–Crippen MR) is 94.6 cm³/mol. The largest absolute Gasteiger partial charge is 0.481 e. The van der Waals surface area contributed by atoms with Gasteiger partial charge in [-0.1, -0.05) is 61.6 Å². The van der Waals surface area contributed by atoms with Crippen LogP contribution in [0.15, 0.2) is 60.1 Å². The summed E-state index contributed by atoms with van der Waals surface area (Å²) in [6.07, 6.45) is 24.2. The molecule has 0 spiro atoms. The van der Waals surface area contributed by atoms with Crippen LogP contribution in [0.5, 0.6) is 0 Å². The lowest BCUT2D eigenvalue weighted by atomic mass is 10.2. The molecule has 3 heteroatoms. The van der Waals surface area contributed by atoms with Crippen LogP contribution < -0.4 is 0 Å². The first kappa shape index (κ1) is 19.5. The summed E-state index contributed by atoms with van der Waals surface area (Å²) in [6, 6.07) is 0. The van der Waals surface area contributed by atoms with Crippen LogP contribution in [0.25, 0.3) is 0 Å². The number of carboxylic acid groups (broad SMARTS) is 1. The summed E-state index contributed by atoms with van der Waals surface area (Å²) in [5.41, 5.74) is 0. The highest BCUT2D eigenvalue weighted by Gasteiger charge is 1.91. The molecule has 0 unspecified atom stereocenters. The van der Waals surface area contributed by atoms with E-state index < -0.39 is 5.97 Å². The summed E-state index contributed by atoms with van der Waals surface area (Å²) < 4.78 is 0. The minimum absolute atomic E-state index is 0.130. The van der Waals surface area contributed by atoms with Crippen LogP contribution in [0.4, 0.5) is 0 Å². The summed E-state index contributed by atoms with van der Waals surface area (Å²) in [5.74, 6) is -0.647. The van der Waals surface area contributed by atoms with Crippen molar-refractivity contribution in [2.75, 3.05) is 5.75 Å². The Morgan fingerprint density at radius 1 is 0.810 bits per heavy atom. The third-order valence-electron chi connectivity index (χ3n) is 2.39. The third kappa shape index (κ3) is 18.5. The molecule has 0 saturated carbocycles. The number of allylic oxidation sites excluding steroid dienone is 9. The summed E-state index contributed by atoms with van der Waals surface area (Å²) in [5, 5.41) is 10.3. The second kappa shape index (κ2) is 16.6. The Balaban J connectivity index is 3.47. The molecule has 0 aliphatic rings. The molecule has 0 aromatic carbocycles. The number of aliphatic carboxylic acids is 1. The van der Waals surface area contributed by atoms with Crippen molar-refractivity contribution in [2.45, 2.75) is 39.0 Å². The molecule has 0 aromatic heterocycles. The Hall–Kier alpha value is -1.48. The minimum atomic E-state index is -0.777. The molecule has 0 aliphatic carbocycles. The lowest BCUT2D eigenvalue weighted by molar-refractivity contribution is -0.133. The van der Waals surface area contributed by atoms with Gasteiger partial charge in [0.1, 0.15) is 0 Å². The Bertz CT molecular complexity index is 390. The normalized spacial score (nSPS) is 12.8. The number of thioether (sulfide) groups is 1. The van der Waals surface area contributed by atoms with Crippen molar-refractivity contribution in [1.29, 1.82) is 0 Å². The fourth-order valence-electron chi connectivity index (χ4n) is 1.40. The minimum Gasteiger partial charge on any atom is -0.481 e. The maximum absolute atomic E-state index is 10.3. The van der Waals surface area contributed by atoms with E-state index in [-0.39, 0.29) is 5.75 Å². The molecule has 0 rings (SSSR count). The average molecular weight is 306 g/mol. The van der Waals surface area contributed by atoms with Gasteiger partial charge in [-0.15, -0.1) is 11.8 Å². The first-order chi connectivity index (χ1) is 10.3. The SMILES string of the molecule is CC/C=C\C/C=C\C/C=C\C/C=C\C/C=C\SCC(=O)O. The topological polar surface area (TPSA) is 37.3 Å². The van der Waals surface area contributed by atoms with Crippen molar-refractivity contribution in [1.82, 2.24) is 0 Å². The zero-order valence-corrected chi connectivity index (χ0v) is 13.6. The lowest BCUT2D eigenvalue weighted by Crippen LogP contribution is -1.95. The van der Waals surface area contributed by atoms with Crippen molar-refractivity contribution in [2.24, 2.45) is 0 Å². The first-order valence-corrected chi connectivity index (χ1v) is 8.40.